The van der Waals surface area contributed by atoms with Crippen molar-refractivity contribution in [3.8, 4) is 11.3 Å². The van der Waals surface area contributed by atoms with Crippen molar-refractivity contribution in [3.05, 3.63) is 54.2 Å². The Hall–Kier alpha value is -3.98. The van der Waals surface area contributed by atoms with E-state index in [0.29, 0.717) is 29.5 Å². The molecular weight excluding hydrogens is 587 g/mol. The maximum absolute atomic E-state index is 15.0. The summed E-state index contributed by atoms with van der Waals surface area (Å²) in [5.74, 6) is -0.485. The highest BCUT2D eigenvalue weighted by Gasteiger charge is 2.33. The number of benzene rings is 1. The molecule has 1 aromatic carbocycles. The van der Waals surface area contributed by atoms with Gasteiger partial charge in [-0.15, -0.1) is 0 Å². The number of fused-ring (bicyclic) bond motifs is 1. The van der Waals surface area contributed by atoms with Gasteiger partial charge in [0.05, 0.1) is 42.2 Å². The normalized spacial score (nSPS) is 17.4. The Kier molecular flexibility index (Phi) is 8.33. The van der Waals surface area contributed by atoms with Crippen LogP contribution in [0.3, 0.4) is 0 Å². The molecule has 4 aromatic rings. The fourth-order valence-electron chi connectivity index (χ4n) is 5.79. The van der Waals surface area contributed by atoms with Gasteiger partial charge in [0, 0.05) is 62.0 Å². The van der Waals surface area contributed by atoms with Gasteiger partial charge in [-0.3, -0.25) is 14.6 Å². The fraction of sp³-hybridized carbons (Fsp3) is 0.400. The third-order valence-electron chi connectivity index (χ3n) is 8.30. The van der Waals surface area contributed by atoms with E-state index in [0.717, 1.165) is 62.2 Å². The SMILES string of the molecule is CCC(C(=O)Nc1nccc2c(-c3nc(Nc4cccc(S(C)(=O)=O)c4F)ncc3C)c[nH]c12)N1CCN(C2COC2)CC1. The molecule has 3 N–H and O–H groups in total. The van der Waals surface area contributed by atoms with Gasteiger partial charge in [-0.2, -0.15) is 0 Å². The van der Waals surface area contributed by atoms with Crippen LogP contribution in [0.15, 0.2) is 47.8 Å². The first-order valence-electron chi connectivity index (χ1n) is 14.6. The van der Waals surface area contributed by atoms with E-state index < -0.39 is 20.5 Å². The van der Waals surface area contributed by atoms with Crippen molar-refractivity contribution in [2.75, 3.05) is 56.3 Å². The molecule has 2 aliphatic rings. The smallest absolute Gasteiger partial charge is 0.242 e. The number of halogens is 1. The molecule has 232 valence electrons. The molecule has 5 heterocycles. The molecule has 6 rings (SSSR count). The molecule has 2 aliphatic heterocycles. The van der Waals surface area contributed by atoms with Crippen LogP contribution in [0.2, 0.25) is 0 Å². The van der Waals surface area contributed by atoms with Crippen LogP contribution in [-0.4, -0.2) is 102 Å². The fourth-order valence-corrected chi connectivity index (χ4v) is 6.55. The molecule has 3 aromatic heterocycles. The minimum Gasteiger partial charge on any atom is -0.378 e. The molecule has 14 heteroatoms. The van der Waals surface area contributed by atoms with Gasteiger partial charge < -0.3 is 20.4 Å². The molecule has 12 nitrogen and oxygen atoms in total. The van der Waals surface area contributed by atoms with Crippen LogP contribution in [-0.2, 0) is 19.4 Å². The lowest BCUT2D eigenvalue weighted by molar-refractivity contribution is -0.123. The number of nitrogens with zero attached hydrogens (tertiary/aromatic N) is 5. The Balaban J connectivity index is 1.22. The summed E-state index contributed by atoms with van der Waals surface area (Å²) in [6.07, 6.45) is 6.65. The topological polar surface area (TPSA) is 145 Å². The third kappa shape index (κ3) is 5.89. The quantitative estimate of drug-likeness (QED) is 0.254. The molecule has 1 amide bonds. The van der Waals surface area contributed by atoms with Gasteiger partial charge in [0.2, 0.25) is 11.9 Å². The number of carbonyl (C=O) groups is 1. The predicted octanol–water partition coefficient (Wildman–Crippen LogP) is 3.35. The molecule has 44 heavy (non-hydrogen) atoms. The summed E-state index contributed by atoms with van der Waals surface area (Å²) in [4.78, 5) is 34.4. The molecule has 0 saturated carbocycles. The average molecular weight is 623 g/mol. The van der Waals surface area contributed by atoms with E-state index in [4.69, 9.17) is 4.74 Å². The van der Waals surface area contributed by atoms with Gasteiger partial charge in [-0.05, 0) is 37.1 Å². The van der Waals surface area contributed by atoms with E-state index >= 15 is 0 Å². The predicted molar refractivity (Wildman–Crippen MR) is 165 cm³/mol. The number of ether oxygens (including phenoxy) is 1. The van der Waals surface area contributed by atoms with E-state index in [2.05, 4.69) is 40.4 Å². The van der Waals surface area contributed by atoms with Gasteiger partial charge in [-0.25, -0.2) is 27.8 Å². The van der Waals surface area contributed by atoms with Gasteiger partial charge in [0.1, 0.15) is 4.90 Å². The van der Waals surface area contributed by atoms with Crippen LogP contribution >= 0.6 is 0 Å². The van der Waals surface area contributed by atoms with Gasteiger partial charge in [-0.1, -0.05) is 13.0 Å². The molecule has 2 fully saturated rings. The zero-order valence-electron chi connectivity index (χ0n) is 24.8. The van der Waals surface area contributed by atoms with E-state index in [9.17, 15) is 17.6 Å². The van der Waals surface area contributed by atoms with Crippen molar-refractivity contribution in [1.29, 1.82) is 0 Å². The number of aromatic amines is 1. The first kappa shape index (κ1) is 30.1. The molecule has 0 bridgehead atoms. The van der Waals surface area contributed by atoms with Crippen molar-refractivity contribution in [2.45, 2.75) is 37.2 Å². The van der Waals surface area contributed by atoms with Gasteiger partial charge >= 0.3 is 0 Å². The highest BCUT2D eigenvalue weighted by Crippen LogP contribution is 2.33. The van der Waals surface area contributed by atoms with E-state index in [1.165, 1.54) is 18.2 Å². The van der Waals surface area contributed by atoms with Gasteiger partial charge in [0.15, 0.2) is 21.5 Å². The number of aryl methyl sites for hydroxylation is 1. The number of rotatable bonds is 9. The summed E-state index contributed by atoms with van der Waals surface area (Å²) in [6.45, 7) is 8.91. The lowest BCUT2D eigenvalue weighted by Crippen LogP contribution is -2.59. The number of H-pyrrole nitrogens is 1. The summed E-state index contributed by atoms with van der Waals surface area (Å²) < 4.78 is 44.3. The Morgan fingerprint density at radius 1 is 1.18 bits per heavy atom. The summed E-state index contributed by atoms with van der Waals surface area (Å²) in [7, 11) is -3.76. The average Bonchev–Trinajstić information content (AvgIpc) is 3.40. The van der Waals surface area contributed by atoms with Crippen LogP contribution in [0, 0.1) is 12.7 Å². The molecule has 1 unspecified atom stereocenters. The van der Waals surface area contributed by atoms with Crippen molar-refractivity contribution in [3.63, 3.8) is 0 Å². The molecule has 0 aliphatic carbocycles. The number of pyridine rings is 1. The number of anilines is 3. The molecule has 1 atom stereocenters. The number of hydrogen-bond donors (Lipinski definition) is 3. The van der Waals surface area contributed by atoms with Crippen LogP contribution < -0.4 is 10.6 Å². The van der Waals surface area contributed by atoms with Crippen LogP contribution in [0.25, 0.3) is 22.2 Å². The van der Waals surface area contributed by atoms with Crippen LogP contribution in [0.4, 0.5) is 21.8 Å². The van der Waals surface area contributed by atoms with Crippen molar-refractivity contribution in [1.82, 2.24) is 29.7 Å². The van der Waals surface area contributed by atoms with Gasteiger partial charge in [0.25, 0.3) is 0 Å². The number of aromatic nitrogens is 4. The molecule has 0 spiro atoms. The number of hydrogen-bond acceptors (Lipinski definition) is 10. The summed E-state index contributed by atoms with van der Waals surface area (Å²) in [5.41, 5.74) is 2.69. The zero-order chi connectivity index (χ0) is 31.0. The highest BCUT2D eigenvalue weighted by atomic mass is 32.2. The van der Waals surface area contributed by atoms with Crippen molar-refractivity contribution < 1.29 is 22.3 Å². The second kappa shape index (κ2) is 12.2. The first-order valence-corrected chi connectivity index (χ1v) is 16.5. The third-order valence-corrected chi connectivity index (χ3v) is 9.41. The summed E-state index contributed by atoms with van der Waals surface area (Å²) >= 11 is 0. The maximum Gasteiger partial charge on any atom is 0.242 e. The lowest BCUT2D eigenvalue weighted by Gasteiger charge is -2.44. The van der Waals surface area contributed by atoms with E-state index in [-0.39, 0.29) is 23.6 Å². The van der Waals surface area contributed by atoms with Crippen molar-refractivity contribution in [2.24, 2.45) is 0 Å². The molecule has 0 radical (unpaired) electrons. The van der Waals surface area contributed by atoms with Crippen molar-refractivity contribution >= 4 is 44.1 Å². The van der Waals surface area contributed by atoms with Crippen LogP contribution in [0.1, 0.15) is 18.9 Å². The lowest BCUT2D eigenvalue weighted by atomic mass is 10.1. The number of nitrogens with one attached hydrogen (secondary N) is 3. The zero-order valence-corrected chi connectivity index (χ0v) is 25.6. The second-order valence-electron chi connectivity index (χ2n) is 11.2. The second-order valence-corrected chi connectivity index (χ2v) is 13.2. The number of carbonyl (C=O) groups excluding carboxylic acids is 1. The number of sulfone groups is 1. The maximum atomic E-state index is 15.0. The monoisotopic (exact) mass is 622 g/mol. The Morgan fingerprint density at radius 3 is 2.64 bits per heavy atom. The minimum absolute atomic E-state index is 0.0557. The first-order chi connectivity index (χ1) is 21.1. The number of piperazine rings is 1. The minimum atomic E-state index is -3.76. The number of amides is 1. The summed E-state index contributed by atoms with van der Waals surface area (Å²) in [5, 5.41) is 6.64. The van der Waals surface area contributed by atoms with Crippen LogP contribution in [0.5, 0.6) is 0 Å². The Labute approximate surface area is 255 Å². The Bertz CT molecular complexity index is 1800. The Morgan fingerprint density at radius 2 is 1.95 bits per heavy atom. The van der Waals surface area contributed by atoms with E-state index in [1.54, 1.807) is 18.6 Å². The highest BCUT2D eigenvalue weighted by molar-refractivity contribution is 7.90. The molecular formula is C30H35FN8O4S. The largest absolute Gasteiger partial charge is 0.378 e. The molecule has 2 saturated heterocycles. The van der Waals surface area contributed by atoms with E-state index in [1.807, 2.05) is 19.9 Å². The summed E-state index contributed by atoms with van der Waals surface area (Å²) in [6, 6.07) is 6.14. The standard InChI is InChI=1S/C30H35FN8O4S/c1-4-23(39-12-10-38(11-13-39)19-16-43-17-19)29(40)37-28-27-20(8-9-32-28)21(15-33-27)26-18(2)14-34-30(36-26)35-22-6-5-7-24(25(22)31)44(3,41)42/h5-9,14-15,19,23,33H,4,10-13,16-17H2,1-3H3,(H,32,37,40)(H,34,35,36).